The molecular weight excluding hydrogens is 316 g/mol. The van der Waals surface area contributed by atoms with E-state index in [2.05, 4.69) is 42.2 Å². The summed E-state index contributed by atoms with van der Waals surface area (Å²) in [5.41, 5.74) is 4.69. The van der Waals surface area contributed by atoms with Crippen LogP contribution in [0.4, 0.5) is 0 Å². The van der Waals surface area contributed by atoms with Crippen molar-refractivity contribution < 1.29 is 4.42 Å². The molecule has 22 heavy (non-hydrogen) atoms. The largest absolute Gasteiger partial charge is 0.411 e. The van der Waals surface area contributed by atoms with Crippen molar-refractivity contribution in [2.45, 2.75) is 24.8 Å². The van der Waals surface area contributed by atoms with E-state index in [1.54, 1.807) is 11.8 Å². The molecule has 3 aromatic rings. The van der Waals surface area contributed by atoms with Gasteiger partial charge in [0, 0.05) is 16.3 Å². The SMILES string of the molecule is Cc1ccc(C)c(CSc2nnc(-c3ccc(Cl)cc3)o2)c1. The van der Waals surface area contributed by atoms with Gasteiger partial charge >= 0.3 is 0 Å². The fourth-order valence-electron chi connectivity index (χ4n) is 2.07. The van der Waals surface area contributed by atoms with Crippen LogP contribution in [0.1, 0.15) is 16.7 Å². The van der Waals surface area contributed by atoms with E-state index in [0.29, 0.717) is 16.1 Å². The molecule has 5 heteroatoms. The lowest BCUT2D eigenvalue weighted by Crippen LogP contribution is -1.87. The van der Waals surface area contributed by atoms with Crippen molar-refractivity contribution >= 4 is 23.4 Å². The van der Waals surface area contributed by atoms with Gasteiger partial charge in [0.2, 0.25) is 5.89 Å². The van der Waals surface area contributed by atoms with Crippen LogP contribution in [0.15, 0.2) is 52.1 Å². The highest BCUT2D eigenvalue weighted by molar-refractivity contribution is 7.98. The van der Waals surface area contributed by atoms with Crippen molar-refractivity contribution in [2.75, 3.05) is 0 Å². The number of hydrogen-bond acceptors (Lipinski definition) is 4. The standard InChI is InChI=1S/C17H15ClN2OS/c1-11-3-4-12(2)14(9-11)10-22-17-20-19-16(21-17)13-5-7-15(18)8-6-13/h3-9H,10H2,1-2H3. The zero-order chi connectivity index (χ0) is 15.5. The Labute approximate surface area is 138 Å². The van der Waals surface area contributed by atoms with Crippen LogP contribution in [0.2, 0.25) is 5.02 Å². The Bertz CT molecular complexity index is 784. The predicted molar refractivity (Wildman–Crippen MR) is 90.2 cm³/mol. The molecule has 0 aliphatic carbocycles. The third kappa shape index (κ3) is 3.51. The summed E-state index contributed by atoms with van der Waals surface area (Å²) in [4.78, 5) is 0. The van der Waals surface area contributed by atoms with E-state index >= 15 is 0 Å². The summed E-state index contributed by atoms with van der Waals surface area (Å²) in [7, 11) is 0. The molecule has 0 fully saturated rings. The van der Waals surface area contributed by atoms with Crippen LogP contribution in [-0.4, -0.2) is 10.2 Å². The van der Waals surface area contributed by atoms with Crippen molar-refractivity contribution in [3.63, 3.8) is 0 Å². The number of benzene rings is 2. The first-order valence-electron chi connectivity index (χ1n) is 6.90. The van der Waals surface area contributed by atoms with E-state index in [-0.39, 0.29) is 0 Å². The summed E-state index contributed by atoms with van der Waals surface area (Å²) in [5.74, 6) is 1.33. The van der Waals surface area contributed by atoms with Gasteiger partial charge in [-0.05, 0) is 49.2 Å². The first-order chi connectivity index (χ1) is 10.6. The molecule has 1 heterocycles. The molecular formula is C17H15ClN2OS. The van der Waals surface area contributed by atoms with Crippen molar-refractivity contribution in [1.29, 1.82) is 0 Å². The number of aromatic nitrogens is 2. The zero-order valence-corrected chi connectivity index (χ0v) is 13.9. The molecule has 0 saturated carbocycles. The first-order valence-corrected chi connectivity index (χ1v) is 8.26. The monoisotopic (exact) mass is 330 g/mol. The highest BCUT2D eigenvalue weighted by atomic mass is 35.5. The number of rotatable bonds is 4. The third-order valence-corrected chi connectivity index (χ3v) is 4.47. The lowest BCUT2D eigenvalue weighted by Gasteiger charge is -2.04. The second-order valence-electron chi connectivity index (χ2n) is 5.10. The summed E-state index contributed by atoms with van der Waals surface area (Å²) in [6.07, 6.45) is 0. The smallest absolute Gasteiger partial charge is 0.277 e. The lowest BCUT2D eigenvalue weighted by molar-refractivity contribution is 0.466. The van der Waals surface area contributed by atoms with Crippen LogP contribution in [0, 0.1) is 13.8 Å². The van der Waals surface area contributed by atoms with Gasteiger partial charge in [-0.1, -0.05) is 47.1 Å². The Hall–Kier alpha value is -1.78. The van der Waals surface area contributed by atoms with Crippen LogP contribution in [0.3, 0.4) is 0 Å². The molecule has 3 rings (SSSR count). The first kappa shape index (κ1) is 15.1. The van der Waals surface area contributed by atoms with Crippen molar-refractivity contribution in [1.82, 2.24) is 10.2 Å². The van der Waals surface area contributed by atoms with E-state index in [1.165, 1.54) is 16.7 Å². The minimum atomic E-state index is 0.514. The molecule has 0 unspecified atom stereocenters. The second kappa shape index (κ2) is 6.55. The second-order valence-corrected chi connectivity index (χ2v) is 6.46. The van der Waals surface area contributed by atoms with Crippen LogP contribution in [0.25, 0.3) is 11.5 Å². The summed E-state index contributed by atoms with van der Waals surface area (Å²) in [6, 6.07) is 13.8. The van der Waals surface area contributed by atoms with Gasteiger partial charge < -0.3 is 4.42 Å². The van der Waals surface area contributed by atoms with Crippen molar-refractivity contribution in [3.8, 4) is 11.5 Å². The molecule has 0 radical (unpaired) electrons. The summed E-state index contributed by atoms with van der Waals surface area (Å²) >= 11 is 7.43. The zero-order valence-electron chi connectivity index (χ0n) is 12.3. The Morgan fingerprint density at radius 2 is 1.82 bits per heavy atom. The molecule has 0 bridgehead atoms. The van der Waals surface area contributed by atoms with Crippen molar-refractivity contribution in [2.24, 2.45) is 0 Å². The maximum absolute atomic E-state index is 5.88. The number of hydrogen-bond donors (Lipinski definition) is 0. The summed E-state index contributed by atoms with van der Waals surface area (Å²) in [6.45, 7) is 4.21. The Balaban J connectivity index is 1.72. The summed E-state index contributed by atoms with van der Waals surface area (Å²) in [5, 5.41) is 9.45. The van der Waals surface area contributed by atoms with Gasteiger partial charge in [0.25, 0.3) is 5.22 Å². The molecule has 2 aromatic carbocycles. The molecule has 112 valence electrons. The van der Waals surface area contributed by atoms with Gasteiger partial charge in [-0.25, -0.2) is 0 Å². The minimum Gasteiger partial charge on any atom is -0.411 e. The third-order valence-electron chi connectivity index (χ3n) is 3.35. The molecule has 0 aliphatic heterocycles. The van der Waals surface area contributed by atoms with E-state index < -0.39 is 0 Å². The highest BCUT2D eigenvalue weighted by Crippen LogP contribution is 2.27. The highest BCUT2D eigenvalue weighted by Gasteiger charge is 2.10. The van der Waals surface area contributed by atoms with Crippen molar-refractivity contribution in [3.05, 3.63) is 64.2 Å². The van der Waals surface area contributed by atoms with E-state index in [9.17, 15) is 0 Å². The average molecular weight is 331 g/mol. The van der Waals surface area contributed by atoms with Crippen LogP contribution < -0.4 is 0 Å². The van der Waals surface area contributed by atoms with Gasteiger partial charge in [0.15, 0.2) is 0 Å². The fraction of sp³-hybridized carbons (Fsp3) is 0.176. The van der Waals surface area contributed by atoms with Gasteiger partial charge in [0.05, 0.1) is 0 Å². The normalized spacial score (nSPS) is 10.9. The van der Waals surface area contributed by atoms with Crippen LogP contribution in [-0.2, 0) is 5.75 Å². The molecule has 0 spiro atoms. The molecule has 0 N–H and O–H groups in total. The van der Waals surface area contributed by atoms with Gasteiger partial charge in [-0.2, -0.15) is 0 Å². The van der Waals surface area contributed by atoms with Crippen LogP contribution >= 0.6 is 23.4 Å². The van der Waals surface area contributed by atoms with Gasteiger partial charge in [-0.15, -0.1) is 10.2 Å². The molecule has 3 nitrogen and oxygen atoms in total. The number of aryl methyl sites for hydroxylation is 2. The predicted octanol–water partition coefficient (Wildman–Crippen LogP) is 5.30. The number of nitrogens with zero attached hydrogens (tertiary/aromatic N) is 2. The molecule has 0 atom stereocenters. The molecule has 0 amide bonds. The maximum Gasteiger partial charge on any atom is 0.277 e. The van der Waals surface area contributed by atoms with E-state index in [0.717, 1.165) is 11.3 Å². The Kier molecular flexibility index (Phi) is 4.50. The topological polar surface area (TPSA) is 38.9 Å². The quantitative estimate of drug-likeness (QED) is 0.608. The fourth-order valence-corrected chi connectivity index (χ4v) is 3.02. The number of thioether (sulfide) groups is 1. The number of halogens is 1. The Morgan fingerprint density at radius 1 is 1.05 bits per heavy atom. The van der Waals surface area contributed by atoms with E-state index in [1.807, 2.05) is 24.3 Å². The van der Waals surface area contributed by atoms with E-state index in [4.69, 9.17) is 16.0 Å². The minimum absolute atomic E-state index is 0.514. The molecule has 0 saturated heterocycles. The molecule has 0 aliphatic rings. The average Bonchev–Trinajstić information content (AvgIpc) is 2.98. The Morgan fingerprint density at radius 3 is 2.59 bits per heavy atom. The summed E-state index contributed by atoms with van der Waals surface area (Å²) < 4.78 is 5.70. The van der Waals surface area contributed by atoms with Crippen LogP contribution in [0.5, 0.6) is 0 Å². The maximum atomic E-state index is 5.88. The molecule has 1 aromatic heterocycles. The van der Waals surface area contributed by atoms with Gasteiger partial charge in [-0.3, -0.25) is 0 Å². The lowest BCUT2D eigenvalue weighted by atomic mass is 10.1. The van der Waals surface area contributed by atoms with Gasteiger partial charge in [0.1, 0.15) is 0 Å².